The lowest BCUT2D eigenvalue weighted by atomic mass is 9.90. The summed E-state index contributed by atoms with van der Waals surface area (Å²) in [7, 11) is 0. The van der Waals surface area contributed by atoms with Crippen molar-refractivity contribution in [3.63, 3.8) is 0 Å². The van der Waals surface area contributed by atoms with E-state index in [2.05, 4.69) is 4.90 Å². The van der Waals surface area contributed by atoms with E-state index < -0.39 is 11.4 Å². The van der Waals surface area contributed by atoms with Gasteiger partial charge in [0, 0.05) is 25.3 Å². The van der Waals surface area contributed by atoms with Crippen molar-refractivity contribution in [3.8, 4) is 0 Å². The van der Waals surface area contributed by atoms with Crippen molar-refractivity contribution in [2.75, 3.05) is 24.5 Å². The van der Waals surface area contributed by atoms with E-state index in [0.29, 0.717) is 19.5 Å². The van der Waals surface area contributed by atoms with Crippen molar-refractivity contribution in [1.82, 2.24) is 4.90 Å². The molecule has 2 aliphatic rings. The number of nitrogens with zero attached hydrogens (tertiary/aromatic N) is 2. The van der Waals surface area contributed by atoms with Crippen molar-refractivity contribution in [2.24, 2.45) is 5.41 Å². The second kappa shape index (κ2) is 5.96. The molecule has 124 valence electrons. The standard InChI is InChI=1S/C18H24N2O3/c1-13-5-7-14(8-6-13)20-10-3-4-15(16(20)21)19-11-9-18(2,12-19)17(22)23/h5-8,15H,3-4,9-12H2,1-2H3,(H,22,23). The van der Waals surface area contributed by atoms with E-state index in [-0.39, 0.29) is 11.9 Å². The number of aryl methyl sites for hydroxylation is 1. The van der Waals surface area contributed by atoms with Gasteiger partial charge >= 0.3 is 5.97 Å². The molecule has 2 atom stereocenters. The summed E-state index contributed by atoms with van der Waals surface area (Å²) in [6.07, 6.45) is 2.37. The third kappa shape index (κ3) is 2.98. The van der Waals surface area contributed by atoms with Crippen LogP contribution in [-0.4, -0.2) is 47.6 Å². The van der Waals surface area contributed by atoms with E-state index in [9.17, 15) is 14.7 Å². The monoisotopic (exact) mass is 316 g/mol. The molecule has 2 heterocycles. The SMILES string of the molecule is Cc1ccc(N2CCCC(N3CCC(C)(C(=O)O)C3)C2=O)cc1. The van der Waals surface area contributed by atoms with Crippen molar-refractivity contribution in [3.05, 3.63) is 29.8 Å². The molecule has 0 bridgehead atoms. The molecule has 23 heavy (non-hydrogen) atoms. The number of hydrogen-bond donors (Lipinski definition) is 1. The third-order valence-corrected chi connectivity index (χ3v) is 5.22. The maximum absolute atomic E-state index is 12.9. The number of likely N-dealkylation sites (tertiary alicyclic amines) is 1. The van der Waals surface area contributed by atoms with Crippen LogP contribution in [0.3, 0.4) is 0 Å². The lowest BCUT2D eigenvalue weighted by Gasteiger charge is -2.37. The molecular formula is C18H24N2O3. The van der Waals surface area contributed by atoms with Crippen molar-refractivity contribution in [1.29, 1.82) is 0 Å². The lowest BCUT2D eigenvalue weighted by molar-refractivity contribution is -0.147. The van der Waals surface area contributed by atoms with Crippen LogP contribution in [0.1, 0.15) is 31.7 Å². The van der Waals surface area contributed by atoms with Gasteiger partial charge in [-0.2, -0.15) is 0 Å². The minimum absolute atomic E-state index is 0.106. The van der Waals surface area contributed by atoms with Crippen molar-refractivity contribution >= 4 is 17.6 Å². The van der Waals surface area contributed by atoms with Gasteiger partial charge < -0.3 is 10.0 Å². The molecule has 1 N–H and O–H groups in total. The summed E-state index contributed by atoms with van der Waals surface area (Å²) in [5.74, 6) is -0.659. The Morgan fingerprint density at radius 1 is 1.26 bits per heavy atom. The van der Waals surface area contributed by atoms with E-state index in [1.807, 2.05) is 36.1 Å². The summed E-state index contributed by atoms with van der Waals surface area (Å²) >= 11 is 0. The predicted molar refractivity (Wildman–Crippen MR) is 88.5 cm³/mol. The Bertz CT molecular complexity index is 613. The van der Waals surface area contributed by atoms with Crippen LogP contribution in [0.4, 0.5) is 5.69 Å². The molecule has 2 aliphatic heterocycles. The summed E-state index contributed by atoms with van der Waals surface area (Å²) in [6, 6.07) is 7.82. The van der Waals surface area contributed by atoms with Gasteiger partial charge in [-0.3, -0.25) is 14.5 Å². The Morgan fingerprint density at radius 3 is 2.57 bits per heavy atom. The highest BCUT2D eigenvalue weighted by atomic mass is 16.4. The maximum atomic E-state index is 12.9. The molecule has 5 heteroatoms. The fourth-order valence-corrected chi connectivity index (χ4v) is 3.61. The van der Waals surface area contributed by atoms with Gasteiger partial charge in [0.25, 0.3) is 0 Å². The third-order valence-electron chi connectivity index (χ3n) is 5.22. The molecule has 2 unspecified atom stereocenters. The first-order valence-electron chi connectivity index (χ1n) is 8.26. The molecule has 0 radical (unpaired) electrons. The topological polar surface area (TPSA) is 60.9 Å². The summed E-state index contributed by atoms with van der Waals surface area (Å²) in [5.41, 5.74) is 1.38. The van der Waals surface area contributed by atoms with Gasteiger partial charge in [0.2, 0.25) is 5.91 Å². The van der Waals surface area contributed by atoms with E-state index in [4.69, 9.17) is 0 Å². The molecule has 2 fully saturated rings. The number of hydrogen-bond acceptors (Lipinski definition) is 3. The first-order chi connectivity index (χ1) is 10.9. The lowest BCUT2D eigenvalue weighted by Crippen LogP contribution is -2.52. The highest BCUT2D eigenvalue weighted by Crippen LogP contribution is 2.34. The number of carboxylic acid groups (broad SMARTS) is 1. The first-order valence-corrected chi connectivity index (χ1v) is 8.26. The van der Waals surface area contributed by atoms with Crippen LogP contribution in [0.2, 0.25) is 0 Å². The van der Waals surface area contributed by atoms with Crippen molar-refractivity contribution < 1.29 is 14.7 Å². The Morgan fingerprint density at radius 2 is 1.96 bits per heavy atom. The predicted octanol–water partition coefficient (Wildman–Crippen LogP) is 2.29. The highest BCUT2D eigenvalue weighted by molar-refractivity contribution is 5.98. The molecular weight excluding hydrogens is 292 g/mol. The number of benzene rings is 1. The summed E-state index contributed by atoms with van der Waals surface area (Å²) in [5, 5.41) is 9.39. The van der Waals surface area contributed by atoms with Crippen LogP contribution in [0, 0.1) is 12.3 Å². The van der Waals surface area contributed by atoms with Crippen LogP contribution in [0.5, 0.6) is 0 Å². The fourth-order valence-electron chi connectivity index (χ4n) is 3.61. The zero-order chi connectivity index (χ0) is 16.6. The number of amides is 1. The van der Waals surface area contributed by atoms with Crippen LogP contribution in [0.25, 0.3) is 0 Å². The van der Waals surface area contributed by atoms with Crippen LogP contribution in [0.15, 0.2) is 24.3 Å². The molecule has 0 aromatic heterocycles. The van der Waals surface area contributed by atoms with Gasteiger partial charge in [0.05, 0.1) is 11.5 Å². The number of rotatable bonds is 3. The molecule has 0 saturated carbocycles. The summed E-state index contributed by atoms with van der Waals surface area (Å²) < 4.78 is 0. The van der Waals surface area contributed by atoms with Gasteiger partial charge in [-0.25, -0.2) is 0 Å². The number of anilines is 1. The van der Waals surface area contributed by atoms with Gasteiger partial charge in [-0.05, 0) is 45.2 Å². The number of piperidine rings is 1. The van der Waals surface area contributed by atoms with E-state index >= 15 is 0 Å². The van der Waals surface area contributed by atoms with Crippen molar-refractivity contribution in [2.45, 2.75) is 39.2 Å². The maximum Gasteiger partial charge on any atom is 0.310 e. The molecule has 1 aromatic carbocycles. The minimum Gasteiger partial charge on any atom is -0.481 e. The smallest absolute Gasteiger partial charge is 0.310 e. The minimum atomic E-state index is -0.765. The second-order valence-corrected chi connectivity index (χ2v) is 7.07. The Balaban J connectivity index is 1.76. The number of carbonyl (C=O) groups is 2. The Labute approximate surface area is 136 Å². The number of carbonyl (C=O) groups excluding carboxylic acids is 1. The van der Waals surface area contributed by atoms with E-state index in [0.717, 1.165) is 25.1 Å². The van der Waals surface area contributed by atoms with E-state index in [1.165, 1.54) is 5.56 Å². The zero-order valence-corrected chi connectivity index (χ0v) is 13.8. The van der Waals surface area contributed by atoms with Gasteiger partial charge in [0.1, 0.15) is 0 Å². The average Bonchev–Trinajstić information content (AvgIpc) is 2.92. The Hall–Kier alpha value is -1.88. The second-order valence-electron chi connectivity index (χ2n) is 7.07. The normalized spacial score (nSPS) is 29.0. The van der Waals surface area contributed by atoms with E-state index in [1.54, 1.807) is 6.92 Å². The Kier molecular flexibility index (Phi) is 4.15. The quantitative estimate of drug-likeness (QED) is 0.929. The highest BCUT2D eigenvalue weighted by Gasteiger charge is 2.45. The molecule has 3 rings (SSSR count). The zero-order valence-electron chi connectivity index (χ0n) is 13.8. The molecule has 1 amide bonds. The molecule has 2 saturated heterocycles. The number of carboxylic acids is 1. The van der Waals surface area contributed by atoms with Crippen LogP contribution in [-0.2, 0) is 9.59 Å². The summed E-state index contributed by atoms with van der Waals surface area (Å²) in [6.45, 7) is 5.69. The largest absolute Gasteiger partial charge is 0.481 e. The fraction of sp³-hybridized carbons (Fsp3) is 0.556. The van der Waals surface area contributed by atoms with Crippen LogP contribution < -0.4 is 4.90 Å². The molecule has 5 nitrogen and oxygen atoms in total. The molecule has 1 aromatic rings. The molecule has 0 aliphatic carbocycles. The molecule has 0 spiro atoms. The number of aliphatic carboxylic acids is 1. The average molecular weight is 316 g/mol. The van der Waals surface area contributed by atoms with Gasteiger partial charge in [0.15, 0.2) is 0 Å². The van der Waals surface area contributed by atoms with Crippen LogP contribution >= 0.6 is 0 Å². The first kappa shape index (κ1) is 16.0. The summed E-state index contributed by atoms with van der Waals surface area (Å²) in [4.78, 5) is 28.3. The van der Waals surface area contributed by atoms with Gasteiger partial charge in [-0.1, -0.05) is 17.7 Å². The van der Waals surface area contributed by atoms with Gasteiger partial charge in [-0.15, -0.1) is 0 Å².